The molecule has 0 atom stereocenters. The Bertz CT molecular complexity index is 658. The highest BCUT2D eigenvalue weighted by Gasteiger charge is 2.31. The van der Waals surface area contributed by atoms with E-state index in [2.05, 4.69) is 14.4 Å². The molecule has 0 saturated carbocycles. The molecule has 110 valence electrons. The van der Waals surface area contributed by atoms with Crippen molar-refractivity contribution in [2.75, 3.05) is 0 Å². The quantitative estimate of drug-likeness (QED) is 0.858. The molecule has 0 spiro atoms. The SMILES string of the molecule is O=C(ONC(=O)c1csnn1)c1cccc(C(F)(F)F)c1. The van der Waals surface area contributed by atoms with Gasteiger partial charge in [-0.3, -0.25) is 4.79 Å². The molecule has 1 heterocycles. The molecule has 2 aromatic rings. The monoisotopic (exact) mass is 317 g/mol. The third-order valence-electron chi connectivity index (χ3n) is 2.25. The van der Waals surface area contributed by atoms with E-state index < -0.39 is 23.6 Å². The van der Waals surface area contributed by atoms with Crippen LogP contribution in [-0.2, 0) is 11.0 Å². The largest absolute Gasteiger partial charge is 0.416 e. The lowest BCUT2D eigenvalue weighted by atomic mass is 10.1. The number of hydrogen-bond donors (Lipinski definition) is 1. The van der Waals surface area contributed by atoms with Crippen LogP contribution in [0.25, 0.3) is 0 Å². The van der Waals surface area contributed by atoms with Crippen molar-refractivity contribution in [2.24, 2.45) is 0 Å². The first-order valence-corrected chi connectivity index (χ1v) is 6.17. The van der Waals surface area contributed by atoms with Crippen LogP contribution in [-0.4, -0.2) is 21.5 Å². The fourth-order valence-corrected chi connectivity index (χ4v) is 1.73. The Hall–Kier alpha value is -2.49. The van der Waals surface area contributed by atoms with E-state index in [1.54, 1.807) is 5.48 Å². The first kappa shape index (κ1) is 14.9. The van der Waals surface area contributed by atoms with Gasteiger partial charge in [0.05, 0.1) is 11.1 Å². The van der Waals surface area contributed by atoms with Crippen molar-refractivity contribution in [3.8, 4) is 0 Å². The molecular formula is C11H6F3N3O3S. The molecule has 0 aliphatic heterocycles. The number of aromatic nitrogens is 2. The predicted octanol–water partition coefficient (Wildman–Crippen LogP) is 2.06. The minimum Gasteiger partial charge on any atom is -0.335 e. The van der Waals surface area contributed by atoms with Crippen molar-refractivity contribution in [3.63, 3.8) is 0 Å². The zero-order valence-corrected chi connectivity index (χ0v) is 10.9. The van der Waals surface area contributed by atoms with Gasteiger partial charge in [-0.15, -0.1) is 5.10 Å². The number of rotatable bonds is 2. The lowest BCUT2D eigenvalue weighted by Gasteiger charge is -2.08. The Morgan fingerprint density at radius 2 is 2.05 bits per heavy atom. The molecule has 2 rings (SSSR count). The van der Waals surface area contributed by atoms with Gasteiger partial charge < -0.3 is 4.84 Å². The average molecular weight is 317 g/mol. The van der Waals surface area contributed by atoms with E-state index in [0.29, 0.717) is 6.07 Å². The van der Waals surface area contributed by atoms with Crippen LogP contribution in [0.5, 0.6) is 0 Å². The minimum atomic E-state index is -4.58. The second-order valence-corrected chi connectivity index (χ2v) is 4.30. The molecule has 21 heavy (non-hydrogen) atoms. The average Bonchev–Trinajstić information content (AvgIpc) is 2.98. The van der Waals surface area contributed by atoms with Crippen LogP contribution in [0.1, 0.15) is 26.4 Å². The summed E-state index contributed by atoms with van der Waals surface area (Å²) in [5.74, 6) is -1.96. The maximum atomic E-state index is 12.5. The number of nitrogens with zero attached hydrogens (tertiary/aromatic N) is 2. The summed E-state index contributed by atoms with van der Waals surface area (Å²) in [6.45, 7) is 0. The summed E-state index contributed by atoms with van der Waals surface area (Å²) in [7, 11) is 0. The highest BCUT2D eigenvalue weighted by Crippen LogP contribution is 2.29. The highest BCUT2D eigenvalue weighted by molar-refractivity contribution is 7.03. The normalized spacial score (nSPS) is 11.0. The van der Waals surface area contributed by atoms with Crippen molar-refractivity contribution >= 4 is 23.4 Å². The maximum Gasteiger partial charge on any atom is 0.416 e. The second-order valence-electron chi connectivity index (χ2n) is 3.69. The maximum absolute atomic E-state index is 12.5. The van der Waals surface area contributed by atoms with Crippen LogP contribution in [0.4, 0.5) is 13.2 Å². The Labute approximate surface area is 119 Å². The first-order valence-electron chi connectivity index (χ1n) is 5.34. The Kier molecular flexibility index (Phi) is 4.17. The van der Waals surface area contributed by atoms with E-state index >= 15 is 0 Å². The molecule has 1 aromatic heterocycles. The van der Waals surface area contributed by atoms with Crippen molar-refractivity contribution in [3.05, 3.63) is 46.5 Å². The van der Waals surface area contributed by atoms with Gasteiger partial charge in [0, 0.05) is 5.38 Å². The molecule has 0 fully saturated rings. The Morgan fingerprint density at radius 1 is 1.29 bits per heavy atom. The van der Waals surface area contributed by atoms with Gasteiger partial charge in [0.15, 0.2) is 5.69 Å². The lowest BCUT2D eigenvalue weighted by Crippen LogP contribution is -2.27. The highest BCUT2D eigenvalue weighted by atomic mass is 32.1. The van der Waals surface area contributed by atoms with E-state index in [1.165, 1.54) is 5.38 Å². The number of hydrogen-bond acceptors (Lipinski definition) is 6. The summed E-state index contributed by atoms with van der Waals surface area (Å²) in [5, 5.41) is 4.74. The molecule has 0 saturated heterocycles. The molecule has 0 bridgehead atoms. The van der Waals surface area contributed by atoms with Crippen LogP contribution >= 0.6 is 11.5 Å². The van der Waals surface area contributed by atoms with Gasteiger partial charge in [0.2, 0.25) is 0 Å². The fourth-order valence-electron chi connectivity index (χ4n) is 1.29. The van der Waals surface area contributed by atoms with Crippen molar-refractivity contribution in [1.29, 1.82) is 0 Å². The van der Waals surface area contributed by atoms with E-state index in [1.807, 2.05) is 0 Å². The second kappa shape index (κ2) is 5.87. The predicted molar refractivity (Wildman–Crippen MR) is 64.2 cm³/mol. The molecular weight excluding hydrogens is 311 g/mol. The summed E-state index contributed by atoms with van der Waals surface area (Å²) >= 11 is 0.916. The number of amides is 1. The van der Waals surface area contributed by atoms with Gasteiger partial charge in [-0.25, -0.2) is 4.79 Å². The molecule has 0 unspecified atom stereocenters. The van der Waals surface area contributed by atoms with Crippen LogP contribution < -0.4 is 5.48 Å². The summed E-state index contributed by atoms with van der Waals surface area (Å²) in [5.41, 5.74) is 0.364. The molecule has 0 aliphatic rings. The van der Waals surface area contributed by atoms with Gasteiger partial charge in [-0.2, -0.15) is 18.7 Å². The number of halogens is 3. The number of benzene rings is 1. The molecule has 1 aromatic carbocycles. The summed E-state index contributed by atoms with van der Waals surface area (Å²) in [6, 6.07) is 3.63. The van der Waals surface area contributed by atoms with Crippen molar-refractivity contribution in [2.45, 2.75) is 6.18 Å². The molecule has 1 amide bonds. The van der Waals surface area contributed by atoms with Gasteiger partial charge in [-0.1, -0.05) is 10.6 Å². The number of carbonyl (C=O) groups is 2. The van der Waals surface area contributed by atoms with Gasteiger partial charge in [0.1, 0.15) is 0 Å². The van der Waals surface area contributed by atoms with Crippen molar-refractivity contribution < 1.29 is 27.6 Å². The summed E-state index contributed by atoms with van der Waals surface area (Å²) in [6.07, 6.45) is -4.58. The lowest BCUT2D eigenvalue weighted by molar-refractivity contribution is -0.137. The van der Waals surface area contributed by atoms with E-state index in [9.17, 15) is 22.8 Å². The topological polar surface area (TPSA) is 81.2 Å². The van der Waals surface area contributed by atoms with Gasteiger partial charge in [0.25, 0.3) is 0 Å². The zero-order chi connectivity index (χ0) is 15.5. The van der Waals surface area contributed by atoms with Crippen LogP contribution in [0, 0.1) is 0 Å². The van der Waals surface area contributed by atoms with Gasteiger partial charge in [-0.05, 0) is 29.7 Å². The minimum absolute atomic E-state index is 0.0724. The number of alkyl halides is 3. The fraction of sp³-hybridized carbons (Fsp3) is 0.0909. The van der Waals surface area contributed by atoms with Gasteiger partial charge >= 0.3 is 18.1 Å². The number of nitrogens with one attached hydrogen (secondary N) is 1. The van der Waals surface area contributed by atoms with E-state index in [4.69, 9.17) is 0 Å². The molecule has 6 nitrogen and oxygen atoms in total. The van der Waals surface area contributed by atoms with E-state index in [0.717, 1.165) is 29.7 Å². The molecule has 0 radical (unpaired) electrons. The van der Waals surface area contributed by atoms with E-state index in [-0.39, 0.29) is 11.3 Å². The smallest absolute Gasteiger partial charge is 0.335 e. The zero-order valence-electron chi connectivity index (χ0n) is 10.0. The molecule has 0 aliphatic carbocycles. The van der Waals surface area contributed by atoms with Crippen LogP contribution in [0.15, 0.2) is 29.6 Å². The molecule has 1 N–H and O–H groups in total. The summed E-state index contributed by atoms with van der Waals surface area (Å²) in [4.78, 5) is 27.4. The third-order valence-corrected chi connectivity index (χ3v) is 2.76. The van der Waals surface area contributed by atoms with Crippen molar-refractivity contribution in [1.82, 2.24) is 15.1 Å². The molecule has 10 heteroatoms. The Morgan fingerprint density at radius 3 is 2.67 bits per heavy atom. The van der Waals surface area contributed by atoms with Crippen LogP contribution in [0.3, 0.4) is 0 Å². The Balaban J connectivity index is 2.02. The number of carbonyl (C=O) groups excluding carboxylic acids is 2. The van der Waals surface area contributed by atoms with Crippen LogP contribution in [0.2, 0.25) is 0 Å². The standard InChI is InChI=1S/C11H6F3N3O3S/c12-11(13,14)7-3-1-2-6(4-7)10(19)20-16-9(18)8-5-21-17-15-8/h1-5H,(H,16,18). The summed E-state index contributed by atoms with van der Waals surface area (Å²) < 4.78 is 40.9. The third kappa shape index (κ3) is 3.75. The first-order chi connectivity index (χ1) is 9.88. The number of hydroxylamine groups is 1.